The van der Waals surface area contributed by atoms with Crippen molar-refractivity contribution in [3.05, 3.63) is 107 Å². The predicted octanol–water partition coefficient (Wildman–Crippen LogP) is 5.44. The molecule has 0 bridgehead atoms. The standard InChI is InChI=1S/C28H32N2O/c1-23-14-16-26(17-15-23)19-29-18-8-13-27(22-29)28(31)30(20-24-9-4-2-5-10-24)21-25-11-6-3-7-12-25/h2-7,9-12,14-17,27H,8,13,18-22H2,1H3. The molecule has 1 heterocycles. The van der Waals surface area contributed by atoms with E-state index in [1.54, 1.807) is 0 Å². The molecule has 0 saturated carbocycles. The molecule has 0 N–H and O–H groups in total. The molecule has 1 aliphatic heterocycles. The quantitative estimate of drug-likeness (QED) is 0.516. The van der Waals surface area contributed by atoms with Crippen LogP contribution in [0.3, 0.4) is 0 Å². The number of aryl methyl sites for hydroxylation is 1. The van der Waals surface area contributed by atoms with E-state index in [9.17, 15) is 4.79 Å². The summed E-state index contributed by atoms with van der Waals surface area (Å²) in [4.78, 5) is 18.1. The summed E-state index contributed by atoms with van der Waals surface area (Å²) in [7, 11) is 0. The second-order valence-corrected chi connectivity index (χ2v) is 8.73. The second-order valence-electron chi connectivity index (χ2n) is 8.73. The third kappa shape index (κ3) is 6.05. The minimum absolute atomic E-state index is 0.0617. The Labute approximate surface area is 186 Å². The number of piperidine rings is 1. The van der Waals surface area contributed by atoms with Gasteiger partial charge < -0.3 is 4.90 Å². The van der Waals surface area contributed by atoms with Gasteiger partial charge in [0.15, 0.2) is 0 Å². The fraction of sp³-hybridized carbons (Fsp3) is 0.321. The van der Waals surface area contributed by atoms with E-state index in [1.807, 2.05) is 41.3 Å². The van der Waals surface area contributed by atoms with Crippen LogP contribution in [0.2, 0.25) is 0 Å². The molecule has 1 saturated heterocycles. The Balaban J connectivity index is 1.46. The molecule has 1 fully saturated rings. The highest BCUT2D eigenvalue weighted by atomic mass is 16.2. The van der Waals surface area contributed by atoms with Crippen LogP contribution in [-0.4, -0.2) is 28.8 Å². The van der Waals surface area contributed by atoms with Crippen LogP contribution in [0.4, 0.5) is 0 Å². The third-order valence-corrected chi connectivity index (χ3v) is 6.13. The number of rotatable bonds is 7. The Bertz CT molecular complexity index is 912. The molecule has 1 aliphatic rings. The Morgan fingerprint density at radius 1 is 0.839 bits per heavy atom. The topological polar surface area (TPSA) is 23.6 Å². The number of nitrogens with zero attached hydrogens (tertiary/aromatic N) is 2. The maximum absolute atomic E-state index is 13.6. The van der Waals surface area contributed by atoms with Crippen molar-refractivity contribution >= 4 is 5.91 Å². The molecule has 3 aromatic rings. The Morgan fingerprint density at radius 3 is 2.00 bits per heavy atom. The van der Waals surface area contributed by atoms with Gasteiger partial charge in [0.05, 0.1) is 5.92 Å². The van der Waals surface area contributed by atoms with Crippen LogP contribution in [0.15, 0.2) is 84.9 Å². The summed E-state index contributed by atoms with van der Waals surface area (Å²) in [5.74, 6) is 0.341. The number of hydrogen-bond donors (Lipinski definition) is 0. The zero-order valence-electron chi connectivity index (χ0n) is 18.4. The summed E-state index contributed by atoms with van der Waals surface area (Å²) in [5, 5.41) is 0. The highest BCUT2D eigenvalue weighted by Crippen LogP contribution is 2.23. The van der Waals surface area contributed by atoms with Crippen LogP contribution in [0.5, 0.6) is 0 Å². The van der Waals surface area contributed by atoms with Gasteiger partial charge in [-0.15, -0.1) is 0 Å². The molecular formula is C28H32N2O. The van der Waals surface area contributed by atoms with Gasteiger partial charge in [0.1, 0.15) is 0 Å². The van der Waals surface area contributed by atoms with E-state index in [0.717, 1.165) is 32.5 Å². The first kappa shape index (κ1) is 21.3. The van der Waals surface area contributed by atoms with E-state index in [4.69, 9.17) is 0 Å². The molecule has 0 spiro atoms. The largest absolute Gasteiger partial charge is 0.334 e. The van der Waals surface area contributed by atoms with E-state index in [1.165, 1.54) is 22.3 Å². The number of likely N-dealkylation sites (tertiary alicyclic amines) is 1. The van der Waals surface area contributed by atoms with Crippen molar-refractivity contribution in [2.24, 2.45) is 5.92 Å². The van der Waals surface area contributed by atoms with Gasteiger partial charge >= 0.3 is 0 Å². The lowest BCUT2D eigenvalue weighted by Crippen LogP contribution is -2.44. The summed E-state index contributed by atoms with van der Waals surface area (Å²) in [6, 6.07) is 29.4. The SMILES string of the molecule is Cc1ccc(CN2CCCC(C(=O)N(Cc3ccccc3)Cc3ccccc3)C2)cc1. The van der Waals surface area contributed by atoms with Crippen molar-refractivity contribution in [2.45, 2.75) is 39.4 Å². The number of hydrogen-bond acceptors (Lipinski definition) is 2. The number of amides is 1. The summed E-state index contributed by atoms with van der Waals surface area (Å²) in [6.07, 6.45) is 2.05. The minimum atomic E-state index is 0.0617. The van der Waals surface area contributed by atoms with Crippen molar-refractivity contribution < 1.29 is 4.79 Å². The maximum atomic E-state index is 13.6. The summed E-state index contributed by atoms with van der Waals surface area (Å²) in [6.45, 7) is 6.25. The van der Waals surface area contributed by atoms with Crippen molar-refractivity contribution in [1.29, 1.82) is 0 Å². The summed E-state index contributed by atoms with van der Waals surface area (Å²) < 4.78 is 0. The Kier molecular flexibility index (Phi) is 7.16. The molecule has 3 nitrogen and oxygen atoms in total. The molecule has 3 heteroatoms. The van der Waals surface area contributed by atoms with Gasteiger partial charge in [0, 0.05) is 26.2 Å². The lowest BCUT2D eigenvalue weighted by atomic mass is 9.95. The van der Waals surface area contributed by atoms with Crippen LogP contribution in [0.1, 0.15) is 35.1 Å². The maximum Gasteiger partial charge on any atom is 0.227 e. The lowest BCUT2D eigenvalue weighted by Gasteiger charge is -2.35. The third-order valence-electron chi connectivity index (χ3n) is 6.13. The molecule has 4 rings (SSSR count). The summed E-state index contributed by atoms with van der Waals surface area (Å²) >= 11 is 0. The van der Waals surface area contributed by atoms with Crippen molar-refractivity contribution in [1.82, 2.24) is 9.80 Å². The number of carbonyl (C=O) groups is 1. The molecular weight excluding hydrogens is 380 g/mol. The zero-order chi connectivity index (χ0) is 21.5. The smallest absolute Gasteiger partial charge is 0.227 e. The first-order chi connectivity index (χ1) is 15.2. The molecule has 0 radical (unpaired) electrons. The highest BCUT2D eigenvalue weighted by Gasteiger charge is 2.29. The number of benzene rings is 3. The molecule has 0 aliphatic carbocycles. The van der Waals surface area contributed by atoms with Gasteiger partial charge in [-0.1, -0.05) is 90.5 Å². The predicted molar refractivity (Wildman–Crippen MR) is 126 cm³/mol. The molecule has 3 aromatic carbocycles. The van der Waals surface area contributed by atoms with Gasteiger partial charge in [-0.3, -0.25) is 9.69 Å². The molecule has 1 atom stereocenters. The highest BCUT2D eigenvalue weighted by molar-refractivity contribution is 5.79. The van der Waals surface area contributed by atoms with Gasteiger partial charge in [0.2, 0.25) is 5.91 Å². The van der Waals surface area contributed by atoms with E-state index in [-0.39, 0.29) is 11.8 Å². The number of carbonyl (C=O) groups excluding carboxylic acids is 1. The first-order valence-electron chi connectivity index (χ1n) is 11.3. The van der Waals surface area contributed by atoms with Crippen LogP contribution >= 0.6 is 0 Å². The fourth-order valence-corrected chi connectivity index (χ4v) is 4.43. The van der Waals surface area contributed by atoms with Crippen LogP contribution in [0.25, 0.3) is 0 Å². The molecule has 31 heavy (non-hydrogen) atoms. The fourth-order valence-electron chi connectivity index (χ4n) is 4.43. The zero-order valence-corrected chi connectivity index (χ0v) is 18.4. The average molecular weight is 413 g/mol. The van der Waals surface area contributed by atoms with Crippen molar-refractivity contribution in [2.75, 3.05) is 13.1 Å². The van der Waals surface area contributed by atoms with Crippen molar-refractivity contribution in [3.63, 3.8) is 0 Å². The van der Waals surface area contributed by atoms with Gasteiger partial charge in [-0.2, -0.15) is 0 Å². The van der Waals surface area contributed by atoms with Gasteiger partial charge in [-0.05, 0) is 43.0 Å². The van der Waals surface area contributed by atoms with Gasteiger partial charge in [0.25, 0.3) is 0 Å². The molecule has 0 aromatic heterocycles. The molecule has 160 valence electrons. The van der Waals surface area contributed by atoms with E-state index in [2.05, 4.69) is 60.4 Å². The lowest BCUT2D eigenvalue weighted by molar-refractivity contribution is -0.138. The van der Waals surface area contributed by atoms with E-state index < -0.39 is 0 Å². The average Bonchev–Trinajstić information content (AvgIpc) is 2.81. The van der Waals surface area contributed by atoms with Crippen LogP contribution in [-0.2, 0) is 24.4 Å². The van der Waals surface area contributed by atoms with Gasteiger partial charge in [-0.25, -0.2) is 0 Å². The first-order valence-corrected chi connectivity index (χ1v) is 11.3. The monoisotopic (exact) mass is 412 g/mol. The Morgan fingerprint density at radius 2 is 1.42 bits per heavy atom. The summed E-state index contributed by atoms with van der Waals surface area (Å²) in [5.41, 5.74) is 4.97. The normalized spacial score (nSPS) is 16.7. The Hall–Kier alpha value is -2.91. The van der Waals surface area contributed by atoms with E-state index >= 15 is 0 Å². The molecule has 1 unspecified atom stereocenters. The van der Waals surface area contributed by atoms with Crippen LogP contribution < -0.4 is 0 Å². The van der Waals surface area contributed by atoms with Crippen LogP contribution in [0, 0.1) is 12.8 Å². The van der Waals surface area contributed by atoms with Crippen molar-refractivity contribution in [3.8, 4) is 0 Å². The van der Waals surface area contributed by atoms with E-state index in [0.29, 0.717) is 13.1 Å². The molecule has 1 amide bonds. The minimum Gasteiger partial charge on any atom is -0.334 e. The second kappa shape index (κ2) is 10.4.